The zero-order valence-electron chi connectivity index (χ0n) is 10.4. The van der Waals surface area contributed by atoms with Gasteiger partial charge in [0.2, 0.25) is 0 Å². The molecule has 0 bridgehead atoms. The summed E-state index contributed by atoms with van der Waals surface area (Å²) < 4.78 is 75.1. The minimum atomic E-state index is -4.00. The van der Waals surface area contributed by atoms with E-state index in [0.717, 1.165) is 13.0 Å². The van der Waals surface area contributed by atoms with Crippen molar-refractivity contribution in [2.45, 2.75) is 19.2 Å². The average molecular weight is 309 g/mol. The molecule has 2 rings (SSSR count). The van der Waals surface area contributed by atoms with Gasteiger partial charge in [-0.25, -0.2) is 22.4 Å². The van der Waals surface area contributed by atoms with Crippen LogP contribution in [0.3, 0.4) is 0 Å². The van der Waals surface area contributed by atoms with E-state index < -0.39 is 41.4 Å². The maximum Gasteiger partial charge on any atom is 0.407 e. The first-order valence-electron chi connectivity index (χ1n) is 5.51. The summed E-state index contributed by atoms with van der Waals surface area (Å²) >= 11 is 0. The molecule has 0 fully saturated rings. The normalized spacial score (nSPS) is 14.4. The van der Waals surface area contributed by atoms with Crippen molar-refractivity contribution >= 4 is 17.1 Å². The van der Waals surface area contributed by atoms with Crippen molar-refractivity contribution in [1.82, 2.24) is 0 Å². The fraction of sp³-hybridized carbons (Fsp3) is 0.250. The minimum Gasteiger partial charge on any atom is -0.450 e. The predicted molar refractivity (Wildman–Crippen MR) is 60.3 cm³/mol. The van der Waals surface area contributed by atoms with E-state index in [1.54, 1.807) is 0 Å². The Morgan fingerprint density at radius 2 is 2.00 bits per heavy atom. The third-order valence-electron chi connectivity index (χ3n) is 2.80. The lowest BCUT2D eigenvalue weighted by Gasteiger charge is -2.21. The van der Waals surface area contributed by atoms with Crippen LogP contribution in [0, 0.1) is 18.6 Å². The number of hydrogen-bond donors (Lipinski definition) is 1. The Morgan fingerprint density at radius 3 is 2.52 bits per heavy atom. The van der Waals surface area contributed by atoms with Gasteiger partial charge in [-0.15, -0.1) is 0 Å². The van der Waals surface area contributed by atoms with Crippen LogP contribution in [-0.2, 0) is 10.6 Å². The van der Waals surface area contributed by atoms with Crippen molar-refractivity contribution in [3.63, 3.8) is 0 Å². The van der Waals surface area contributed by atoms with Crippen LogP contribution in [0.4, 0.5) is 26.7 Å². The Balaban J connectivity index is 2.72. The predicted octanol–water partition coefficient (Wildman–Crippen LogP) is 3.50. The molecule has 0 radical (unpaired) electrons. The summed E-state index contributed by atoms with van der Waals surface area (Å²) in [7, 11) is 0. The van der Waals surface area contributed by atoms with E-state index in [0.29, 0.717) is 6.07 Å². The molecule has 2 aromatic rings. The summed E-state index contributed by atoms with van der Waals surface area (Å²) in [4.78, 5) is 10.6. The molecule has 0 aliphatic carbocycles. The lowest BCUT2D eigenvalue weighted by atomic mass is 10.1. The number of furan rings is 1. The zero-order chi connectivity index (χ0) is 15.9. The molecule has 1 unspecified atom stereocenters. The van der Waals surface area contributed by atoms with Crippen LogP contribution in [0.25, 0.3) is 11.0 Å². The number of carbonyl (C=O) groups is 1. The van der Waals surface area contributed by atoms with Crippen LogP contribution in [0.1, 0.15) is 11.3 Å². The molecule has 1 heterocycles. The molecular formula is C12H8F5NO3. The fourth-order valence-electron chi connectivity index (χ4n) is 1.91. The molecule has 1 amide bonds. The van der Waals surface area contributed by atoms with Crippen molar-refractivity contribution < 1.29 is 35.9 Å². The van der Waals surface area contributed by atoms with Gasteiger partial charge in [0.15, 0.2) is 17.2 Å². The largest absolute Gasteiger partial charge is 0.450 e. The number of halogens is 5. The van der Waals surface area contributed by atoms with Crippen LogP contribution in [0.5, 0.6) is 0 Å². The second kappa shape index (κ2) is 4.90. The first-order chi connectivity index (χ1) is 9.66. The second-order valence-corrected chi connectivity index (χ2v) is 4.19. The highest BCUT2D eigenvalue weighted by atomic mass is 19.3. The lowest BCUT2D eigenvalue weighted by Crippen LogP contribution is -2.37. The third kappa shape index (κ3) is 2.39. The maximum absolute atomic E-state index is 14.2. The first-order valence-corrected chi connectivity index (χ1v) is 5.51. The van der Waals surface area contributed by atoms with Gasteiger partial charge in [0.25, 0.3) is 0 Å². The molecule has 1 aromatic carbocycles. The molecule has 9 heteroatoms. The Labute approximate surface area is 114 Å². The Morgan fingerprint density at radius 1 is 1.38 bits per heavy atom. The summed E-state index contributed by atoms with van der Waals surface area (Å²) in [6, 6.07) is 1.21. The van der Waals surface area contributed by atoms with Gasteiger partial charge in [0.05, 0.1) is 0 Å². The van der Waals surface area contributed by atoms with Crippen molar-refractivity contribution in [2.75, 3.05) is 0 Å². The fourth-order valence-corrected chi connectivity index (χ4v) is 1.91. The monoisotopic (exact) mass is 309 g/mol. The third-order valence-corrected chi connectivity index (χ3v) is 2.80. The van der Waals surface area contributed by atoms with Gasteiger partial charge in [-0.3, -0.25) is 0 Å². The molecule has 2 N–H and O–H groups in total. The van der Waals surface area contributed by atoms with Crippen molar-refractivity contribution in [3.8, 4) is 0 Å². The van der Waals surface area contributed by atoms with E-state index in [4.69, 9.17) is 0 Å². The standard InChI is InChI=1S/C12H8F5NO3/c1-4-6-2-5(13)3-7(14)8(6)20-9(4)12(17,10(15)16)21-11(18)19/h2-3,10H,1H3,(H2,18,19). The Bertz CT molecular complexity index is 714. The molecule has 0 aliphatic heterocycles. The van der Waals surface area contributed by atoms with Gasteiger partial charge < -0.3 is 14.9 Å². The molecule has 114 valence electrons. The molecule has 21 heavy (non-hydrogen) atoms. The number of hydrogen-bond acceptors (Lipinski definition) is 3. The van der Waals surface area contributed by atoms with Crippen LogP contribution in [0.2, 0.25) is 0 Å². The van der Waals surface area contributed by atoms with E-state index in [-0.39, 0.29) is 10.9 Å². The summed E-state index contributed by atoms with van der Waals surface area (Å²) in [5.74, 6) is -7.38. The van der Waals surface area contributed by atoms with E-state index in [1.165, 1.54) is 0 Å². The van der Waals surface area contributed by atoms with Gasteiger partial charge in [0, 0.05) is 17.0 Å². The number of primary amides is 1. The van der Waals surface area contributed by atoms with Gasteiger partial charge >= 0.3 is 18.4 Å². The molecule has 4 nitrogen and oxygen atoms in total. The molecule has 0 spiro atoms. The summed E-state index contributed by atoms with van der Waals surface area (Å²) in [6.45, 7) is 1.08. The average Bonchev–Trinajstić information content (AvgIpc) is 2.67. The quantitative estimate of drug-likeness (QED) is 0.882. The number of alkyl halides is 3. The second-order valence-electron chi connectivity index (χ2n) is 4.19. The summed E-state index contributed by atoms with van der Waals surface area (Å²) in [6.07, 6.45) is -5.67. The molecule has 0 saturated heterocycles. The topological polar surface area (TPSA) is 65.5 Å². The number of ether oxygens (including phenoxy) is 1. The molecule has 0 aliphatic rings. The van der Waals surface area contributed by atoms with Crippen molar-refractivity contribution in [1.29, 1.82) is 0 Å². The van der Waals surface area contributed by atoms with E-state index in [9.17, 15) is 26.7 Å². The van der Waals surface area contributed by atoms with Gasteiger partial charge in [-0.1, -0.05) is 0 Å². The van der Waals surface area contributed by atoms with E-state index in [1.807, 2.05) is 0 Å². The van der Waals surface area contributed by atoms with Gasteiger partial charge in [0.1, 0.15) is 5.82 Å². The molecule has 1 atom stereocenters. The number of fused-ring (bicyclic) bond motifs is 1. The Hall–Kier alpha value is -2.32. The number of benzene rings is 1. The Kier molecular flexibility index (Phi) is 3.52. The highest BCUT2D eigenvalue weighted by Crippen LogP contribution is 2.41. The zero-order valence-corrected chi connectivity index (χ0v) is 10.4. The van der Waals surface area contributed by atoms with Crippen molar-refractivity contribution in [2.24, 2.45) is 5.73 Å². The highest BCUT2D eigenvalue weighted by molar-refractivity contribution is 5.83. The number of rotatable bonds is 3. The summed E-state index contributed by atoms with van der Waals surface area (Å²) in [5, 5.41) is -0.266. The smallest absolute Gasteiger partial charge is 0.407 e. The van der Waals surface area contributed by atoms with Crippen LogP contribution in [-0.4, -0.2) is 12.5 Å². The van der Waals surface area contributed by atoms with Crippen molar-refractivity contribution in [3.05, 3.63) is 35.1 Å². The van der Waals surface area contributed by atoms with Crippen LogP contribution >= 0.6 is 0 Å². The first kappa shape index (κ1) is 15.1. The highest BCUT2D eigenvalue weighted by Gasteiger charge is 2.51. The SMILES string of the molecule is Cc1c(C(F)(OC(N)=O)C(F)F)oc2c(F)cc(F)cc12. The maximum atomic E-state index is 14.2. The number of amides is 1. The number of aryl methyl sites for hydroxylation is 1. The lowest BCUT2D eigenvalue weighted by molar-refractivity contribution is -0.202. The van der Waals surface area contributed by atoms with Gasteiger partial charge in [-0.05, 0) is 13.0 Å². The van der Waals surface area contributed by atoms with Crippen LogP contribution < -0.4 is 5.73 Å². The molecular weight excluding hydrogens is 301 g/mol. The van der Waals surface area contributed by atoms with Gasteiger partial charge in [-0.2, -0.15) is 4.39 Å². The number of carbonyl (C=O) groups excluding carboxylic acids is 1. The summed E-state index contributed by atoms with van der Waals surface area (Å²) in [5.41, 5.74) is 3.56. The molecule has 0 saturated carbocycles. The number of nitrogens with two attached hydrogens (primary N) is 1. The molecule has 1 aromatic heterocycles. The van der Waals surface area contributed by atoms with E-state index in [2.05, 4.69) is 14.9 Å². The van der Waals surface area contributed by atoms with E-state index >= 15 is 0 Å². The van der Waals surface area contributed by atoms with Crippen LogP contribution in [0.15, 0.2) is 16.5 Å². The minimum absolute atomic E-state index is 0.266.